The quantitative estimate of drug-likeness (QED) is 0.869. The molecule has 2 N–H and O–H groups in total. The van der Waals surface area contributed by atoms with Crippen LogP contribution in [-0.2, 0) is 13.5 Å². The molecule has 0 unspecified atom stereocenters. The summed E-state index contributed by atoms with van der Waals surface area (Å²) in [6.45, 7) is 6.71. The van der Waals surface area contributed by atoms with Crippen molar-refractivity contribution in [1.29, 1.82) is 0 Å². The summed E-state index contributed by atoms with van der Waals surface area (Å²) in [5.41, 5.74) is 7.55. The van der Waals surface area contributed by atoms with Crippen LogP contribution in [0.25, 0.3) is 0 Å². The second kappa shape index (κ2) is 4.94. The minimum absolute atomic E-state index is 0.242. The Balaban J connectivity index is 2.24. The topological polar surface area (TPSA) is 43.8 Å². The van der Waals surface area contributed by atoms with E-state index in [2.05, 4.69) is 32.4 Å². The molecular weight excluding hydrogens is 222 g/mol. The molecular formula is C15H27N3. The van der Waals surface area contributed by atoms with Crippen LogP contribution in [0.3, 0.4) is 0 Å². The maximum atomic E-state index is 6.22. The highest BCUT2D eigenvalue weighted by molar-refractivity contribution is 5.39. The van der Waals surface area contributed by atoms with Gasteiger partial charge in [0.1, 0.15) is 11.6 Å². The minimum atomic E-state index is 0.242. The van der Waals surface area contributed by atoms with Gasteiger partial charge in [0.2, 0.25) is 0 Å². The van der Waals surface area contributed by atoms with Gasteiger partial charge in [-0.25, -0.2) is 4.98 Å². The van der Waals surface area contributed by atoms with E-state index in [1.807, 2.05) is 0 Å². The third kappa shape index (κ3) is 2.88. The molecule has 1 aromatic rings. The monoisotopic (exact) mass is 249 g/mol. The number of anilines is 1. The molecule has 0 aliphatic heterocycles. The molecule has 0 spiro atoms. The Hall–Kier alpha value is -0.990. The zero-order valence-electron chi connectivity index (χ0n) is 12.3. The maximum Gasteiger partial charge on any atom is 0.126 e. The van der Waals surface area contributed by atoms with Crippen LogP contribution in [0.15, 0.2) is 0 Å². The molecule has 2 rings (SSSR count). The van der Waals surface area contributed by atoms with Gasteiger partial charge in [0.15, 0.2) is 0 Å². The molecule has 0 saturated heterocycles. The predicted octanol–water partition coefficient (Wildman–Crippen LogP) is 3.64. The molecule has 3 heteroatoms. The Morgan fingerprint density at radius 2 is 1.83 bits per heavy atom. The lowest BCUT2D eigenvalue weighted by atomic mass is 9.88. The molecule has 1 saturated carbocycles. The number of nitrogens with two attached hydrogens (primary N) is 1. The molecule has 18 heavy (non-hydrogen) atoms. The van der Waals surface area contributed by atoms with E-state index in [0.29, 0.717) is 5.92 Å². The van der Waals surface area contributed by atoms with Gasteiger partial charge in [0.05, 0.1) is 5.69 Å². The van der Waals surface area contributed by atoms with Gasteiger partial charge in [0, 0.05) is 13.0 Å². The fourth-order valence-electron chi connectivity index (χ4n) is 2.95. The average molecular weight is 249 g/mol. The van der Waals surface area contributed by atoms with Crippen LogP contribution >= 0.6 is 0 Å². The van der Waals surface area contributed by atoms with Crippen molar-refractivity contribution >= 4 is 5.82 Å². The molecule has 1 aliphatic carbocycles. The lowest BCUT2D eigenvalue weighted by molar-refractivity contribution is 0.404. The van der Waals surface area contributed by atoms with Gasteiger partial charge in [-0.15, -0.1) is 0 Å². The van der Waals surface area contributed by atoms with E-state index in [4.69, 9.17) is 10.7 Å². The van der Waals surface area contributed by atoms with Gasteiger partial charge >= 0.3 is 0 Å². The minimum Gasteiger partial charge on any atom is -0.384 e. The third-order valence-electron chi connectivity index (χ3n) is 3.92. The fraction of sp³-hybridized carbons (Fsp3) is 0.800. The Morgan fingerprint density at radius 1 is 1.22 bits per heavy atom. The van der Waals surface area contributed by atoms with Crippen molar-refractivity contribution < 1.29 is 0 Å². The lowest BCUT2D eigenvalue weighted by Crippen LogP contribution is -2.11. The van der Waals surface area contributed by atoms with Crippen LogP contribution in [0.4, 0.5) is 5.82 Å². The van der Waals surface area contributed by atoms with E-state index in [0.717, 1.165) is 17.9 Å². The summed E-state index contributed by atoms with van der Waals surface area (Å²) in [7, 11) is 2.07. The van der Waals surface area contributed by atoms with Crippen LogP contribution in [0.2, 0.25) is 0 Å². The predicted molar refractivity (Wildman–Crippen MR) is 76.6 cm³/mol. The molecule has 1 aromatic heterocycles. The molecule has 1 heterocycles. The van der Waals surface area contributed by atoms with Gasteiger partial charge in [-0.05, 0) is 24.7 Å². The highest BCUT2D eigenvalue weighted by Crippen LogP contribution is 2.34. The van der Waals surface area contributed by atoms with Crippen LogP contribution in [-0.4, -0.2) is 9.55 Å². The largest absolute Gasteiger partial charge is 0.384 e. The van der Waals surface area contributed by atoms with E-state index < -0.39 is 0 Å². The second-order valence-corrected chi connectivity index (χ2v) is 6.93. The second-order valence-electron chi connectivity index (χ2n) is 6.93. The lowest BCUT2D eigenvalue weighted by Gasteiger charge is -2.21. The Kier molecular flexibility index (Phi) is 3.69. The van der Waals surface area contributed by atoms with E-state index in [9.17, 15) is 0 Å². The summed E-state index contributed by atoms with van der Waals surface area (Å²) >= 11 is 0. The van der Waals surface area contributed by atoms with Crippen molar-refractivity contribution in [2.75, 3.05) is 5.73 Å². The summed E-state index contributed by atoms with van der Waals surface area (Å²) < 4.78 is 2.12. The molecule has 0 aromatic carbocycles. The van der Waals surface area contributed by atoms with Crippen LogP contribution in [0.1, 0.15) is 70.3 Å². The molecule has 1 aliphatic rings. The average Bonchev–Trinajstić information content (AvgIpc) is 2.57. The van der Waals surface area contributed by atoms with Gasteiger partial charge in [-0.3, -0.25) is 0 Å². The SMILES string of the molecule is Cn1c(C2CCCCC2)nc(CC(C)(C)C)c1N. The first-order valence-corrected chi connectivity index (χ1v) is 7.19. The van der Waals surface area contributed by atoms with E-state index in [1.165, 1.54) is 37.9 Å². The zero-order valence-corrected chi connectivity index (χ0v) is 12.3. The normalized spacial score (nSPS) is 18.2. The van der Waals surface area contributed by atoms with Crippen LogP contribution in [0, 0.1) is 5.41 Å². The van der Waals surface area contributed by atoms with Crippen molar-refractivity contribution in [3.63, 3.8) is 0 Å². The Morgan fingerprint density at radius 3 is 2.39 bits per heavy atom. The standard InChI is InChI=1S/C15H27N3/c1-15(2,3)10-12-13(16)18(4)14(17-12)11-8-6-5-7-9-11/h11H,5-10,16H2,1-4H3. The van der Waals surface area contributed by atoms with Gasteiger partial charge in [-0.1, -0.05) is 40.0 Å². The van der Waals surface area contributed by atoms with Crippen molar-refractivity contribution in [3.8, 4) is 0 Å². The number of hydrogen-bond acceptors (Lipinski definition) is 2. The fourth-order valence-corrected chi connectivity index (χ4v) is 2.95. The number of imidazole rings is 1. The van der Waals surface area contributed by atoms with Gasteiger partial charge in [0.25, 0.3) is 0 Å². The Labute approximate surface area is 111 Å². The molecule has 0 atom stereocenters. The van der Waals surface area contributed by atoms with Crippen LogP contribution < -0.4 is 5.73 Å². The first kappa shape index (κ1) is 13.4. The van der Waals surface area contributed by atoms with E-state index >= 15 is 0 Å². The van der Waals surface area contributed by atoms with Crippen molar-refractivity contribution in [3.05, 3.63) is 11.5 Å². The molecule has 0 bridgehead atoms. The number of nitrogen functional groups attached to an aromatic ring is 1. The summed E-state index contributed by atoms with van der Waals surface area (Å²) in [5.74, 6) is 2.71. The van der Waals surface area contributed by atoms with E-state index in [1.54, 1.807) is 0 Å². The van der Waals surface area contributed by atoms with Gasteiger partial charge in [-0.2, -0.15) is 0 Å². The number of nitrogens with zero attached hydrogens (tertiary/aromatic N) is 2. The first-order valence-electron chi connectivity index (χ1n) is 7.19. The van der Waals surface area contributed by atoms with Crippen molar-refractivity contribution in [2.24, 2.45) is 12.5 Å². The Bertz CT molecular complexity index is 406. The summed E-state index contributed by atoms with van der Waals surface area (Å²) in [4.78, 5) is 4.86. The number of hydrogen-bond donors (Lipinski definition) is 1. The van der Waals surface area contributed by atoms with Gasteiger partial charge < -0.3 is 10.3 Å². The maximum absolute atomic E-state index is 6.22. The zero-order chi connectivity index (χ0) is 13.3. The first-order chi connectivity index (χ1) is 8.38. The third-order valence-corrected chi connectivity index (χ3v) is 3.92. The summed E-state index contributed by atoms with van der Waals surface area (Å²) in [6, 6.07) is 0. The molecule has 102 valence electrons. The molecule has 3 nitrogen and oxygen atoms in total. The number of rotatable bonds is 2. The molecule has 0 radical (unpaired) electrons. The summed E-state index contributed by atoms with van der Waals surface area (Å²) in [6.07, 6.45) is 7.57. The van der Waals surface area contributed by atoms with Crippen molar-refractivity contribution in [2.45, 2.75) is 65.2 Å². The highest BCUT2D eigenvalue weighted by Gasteiger charge is 2.24. The molecule has 0 amide bonds. The highest BCUT2D eigenvalue weighted by atomic mass is 15.1. The van der Waals surface area contributed by atoms with Crippen molar-refractivity contribution in [1.82, 2.24) is 9.55 Å². The van der Waals surface area contributed by atoms with Crippen LogP contribution in [0.5, 0.6) is 0 Å². The smallest absolute Gasteiger partial charge is 0.126 e. The molecule has 1 fully saturated rings. The van der Waals surface area contributed by atoms with E-state index in [-0.39, 0.29) is 5.41 Å². The number of aromatic nitrogens is 2. The summed E-state index contributed by atoms with van der Waals surface area (Å²) in [5, 5.41) is 0.